The average Bonchev–Trinajstić information content (AvgIpc) is 3.89. The van der Waals surface area contributed by atoms with Crippen LogP contribution in [0.15, 0.2) is 36.4 Å². The number of rotatable bonds is 15. The van der Waals surface area contributed by atoms with Crippen LogP contribution >= 0.6 is 46.4 Å². The summed E-state index contributed by atoms with van der Waals surface area (Å²) in [5, 5.41) is 44.2. The van der Waals surface area contributed by atoms with E-state index in [2.05, 4.69) is 4.74 Å². The van der Waals surface area contributed by atoms with Crippen LogP contribution in [0.5, 0.6) is 0 Å². The van der Waals surface area contributed by atoms with E-state index < -0.39 is 101 Å². The van der Waals surface area contributed by atoms with Crippen molar-refractivity contribution in [2.45, 2.75) is 81.0 Å². The predicted molar refractivity (Wildman–Crippen MR) is 214 cm³/mol. The van der Waals surface area contributed by atoms with Crippen LogP contribution in [0.1, 0.15) is 44.2 Å². The summed E-state index contributed by atoms with van der Waals surface area (Å²) in [6.07, 6.45) is -2.04. The van der Waals surface area contributed by atoms with E-state index in [0.717, 1.165) is 18.1 Å². The number of carboxylic acids is 3. The number of aliphatic carboxylic acids is 3. The van der Waals surface area contributed by atoms with E-state index in [1.54, 1.807) is 43.3 Å². The van der Waals surface area contributed by atoms with E-state index in [4.69, 9.17) is 97.3 Å². The van der Waals surface area contributed by atoms with Gasteiger partial charge in [-0.15, -0.1) is 0 Å². The molecule has 0 saturated heterocycles. The second-order valence-corrected chi connectivity index (χ2v) is 16.3. The Labute approximate surface area is 377 Å². The van der Waals surface area contributed by atoms with Crippen molar-refractivity contribution in [1.29, 1.82) is 5.26 Å². The van der Waals surface area contributed by atoms with Crippen molar-refractivity contribution in [2.24, 2.45) is 35.1 Å². The van der Waals surface area contributed by atoms with Crippen LogP contribution in [0.4, 0.5) is 8.78 Å². The van der Waals surface area contributed by atoms with Gasteiger partial charge in [0.05, 0.1) is 64.4 Å². The molecule has 0 bridgehead atoms. The molecule has 0 heterocycles. The number of hydrogen-bond donors (Lipinski definition) is 6. The quantitative estimate of drug-likeness (QED) is 0.109. The van der Waals surface area contributed by atoms with E-state index in [0.29, 0.717) is 20.1 Å². The number of hydrogen-bond acceptors (Lipinski definition) is 14. The number of halogens is 6. The van der Waals surface area contributed by atoms with Crippen LogP contribution in [0, 0.1) is 35.0 Å². The first kappa shape index (κ1) is 52.6. The molecule has 4 aliphatic carbocycles. The molecule has 6 rings (SSSR count). The van der Waals surface area contributed by atoms with Crippen LogP contribution in [-0.4, -0.2) is 110 Å². The first-order chi connectivity index (χ1) is 29.3. The Morgan fingerprint density at radius 3 is 1.84 bits per heavy atom. The fourth-order valence-corrected chi connectivity index (χ4v) is 7.98. The van der Waals surface area contributed by atoms with E-state index in [9.17, 15) is 42.8 Å². The van der Waals surface area contributed by atoms with Crippen LogP contribution in [0.3, 0.4) is 0 Å². The summed E-state index contributed by atoms with van der Waals surface area (Å²) < 4.78 is 48.9. The molecule has 2 aromatic carbocycles. The minimum Gasteiger partial charge on any atom is -0.481 e. The standard InChI is InChI=1S/C16H15Cl2FO4.C15H14Cl2FN3O2.C6H8O7.C2H4O2/c1-2-22-15(21)16(19)9-6-12(14(20)13(9)16)23-7-8-3-4-10(17)11(18)5-8;16-9-2-1-7(3-10(9)17)5-23-11-4-8-12(14(11,21)6-19)15(8,18)13(20)22;7-3-13-2-6(12,5(10)11)1-4(8)9;1-2(3)4/h3-5,9,12-13H,2,6-7H2,1H3;1-3,8,11-12H,4-5,21H2,(H2,20,22);3,12H,1-2H2,(H,8,9)(H,10,11);1H3,(H,3,4)/t9-,12-,13-,16-;8-,11-,12-,14+,15-;;/m11../s1. The number of carbonyl (C=O) groups is 7. The number of nitrogens with two attached hydrogens (primary N) is 2. The molecule has 0 aliphatic heterocycles. The van der Waals surface area contributed by atoms with Gasteiger partial charge in [0.1, 0.15) is 18.2 Å². The molecule has 1 unspecified atom stereocenters. The fourth-order valence-electron chi connectivity index (χ4n) is 7.34. The number of ketones is 1. The largest absolute Gasteiger partial charge is 0.481 e. The highest BCUT2D eigenvalue weighted by molar-refractivity contribution is 6.42. The lowest BCUT2D eigenvalue weighted by atomic mass is 9.89. The number of ether oxygens (including phenoxy) is 4. The molecule has 0 aromatic heterocycles. The van der Waals surface area contributed by atoms with Gasteiger partial charge in [0.15, 0.2) is 11.5 Å². The van der Waals surface area contributed by atoms with Gasteiger partial charge in [0.25, 0.3) is 18.3 Å². The number of nitriles is 1. The van der Waals surface area contributed by atoms with Crippen molar-refractivity contribution in [3.8, 4) is 6.07 Å². The number of fused-ring (bicyclic) bond motifs is 2. The van der Waals surface area contributed by atoms with Crippen LogP contribution in [0.25, 0.3) is 0 Å². The van der Waals surface area contributed by atoms with Crippen molar-refractivity contribution in [3.05, 3.63) is 67.6 Å². The van der Waals surface area contributed by atoms with Gasteiger partial charge in [-0.25, -0.2) is 18.4 Å². The first-order valence-corrected chi connectivity index (χ1v) is 19.9. The van der Waals surface area contributed by atoms with E-state index in [1.165, 1.54) is 0 Å². The number of benzene rings is 2. The number of Topliss-reactive ketones (excluding diaryl/α,β-unsaturated/α-hetero) is 1. The van der Waals surface area contributed by atoms with Gasteiger partial charge in [-0.2, -0.15) is 5.26 Å². The minimum atomic E-state index is -2.56. The second-order valence-electron chi connectivity index (χ2n) is 14.6. The Bertz CT molecular complexity index is 2150. The highest BCUT2D eigenvalue weighted by Crippen LogP contribution is 2.67. The Balaban J connectivity index is 0.000000250. The highest BCUT2D eigenvalue weighted by atomic mass is 35.5. The topological polar surface area (TPSA) is 313 Å². The summed E-state index contributed by atoms with van der Waals surface area (Å²) in [6.45, 7) is 2.14. The fraction of sp³-hybridized carbons (Fsp3) is 0.487. The Morgan fingerprint density at radius 1 is 0.921 bits per heavy atom. The summed E-state index contributed by atoms with van der Waals surface area (Å²) in [4.78, 5) is 74.2. The molecule has 4 saturated carbocycles. The minimum absolute atomic E-state index is 0.0737. The number of carbonyl (C=O) groups excluding carboxylic acids is 4. The average molecular weight is 972 g/mol. The maximum atomic E-state index is 14.5. The predicted octanol–water partition coefficient (Wildman–Crippen LogP) is 3.85. The number of primary amides is 1. The molecule has 0 radical (unpaired) electrons. The van der Waals surface area contributed by atoms with Crippen molar-refractivity contribution in [3.63, 3.8) is 0 Å². The number of alkyl halides is 2. The van der Waals surface area contributed by atoms with E-state index >= 15 is 0 Å². The molecule has 10 atom stereocenters. The van der Waals surface area contributed by atoms with Crippen molar-refractivity contribution in [1.82, 2.24) is 0 Å². The maximum Gasteiger partial charge on any atom is 0.344 e. The molecule has 4 aliphatic rings. The third kappa shape index (κ3) is 11.9. The maximum absolute atomic E-state index is 14.5. The van der Waals surface area contributed by atoms with Gasteiger partial charge in [0.2, 0.25) is 11.3 Å². The molecular formula is C39H41Cl4F2N3O15. The van der Waals surface area contributed by atoms with Crippen molar-refractivity contribution < 1.29 is 81.7 Å². The number of amides is 1. The third-order valence-corrected chi connectivity index (χ3v) is 11.9. The molecule has 2 aromatic rings. The molecule has 4 fully saturated rings. The zero-order chi connectivity index (χ0) is 47.8. The van der Waals surface area contributed by atoms with Gasteiger partial charge < -0.3 is 50.8 Å². The Kier molecular flexibility index (Phi) is 17.8. The molecule has 24 heteroatoms. The summed E-state index contributed by atoms with van der Waals surface area (Å²) >= 11 is 23.5. The Morgan fingerprint density at radius 2 is 1.44 bits per heavy atom. The molecule has 18 nitrogen and oxygen atoms in total. The van der Waals surface area contributed by atoms with Gasteiger partial charge in [0, 0.05) is 24.7 Å². The van der Waals surface area contributed by atoms with Gasteiger partial charge in [-0.1, -0.05) is 58.5 Å². The van der Waals surface area contributed by atoms with E-state index in [-0.39, 0.29) is 44.9 Å². The lowest BCUT2D eigenvalue weighted by Gasteiger charge is -2.29. The summed E-state index contributed by atoms with van der Waals surface area (Å²) in [6, 6.07) is 12.0. The lowest BCUT2D eigenvalue weighted by molar-refractivity contribution is -0.172. The summed E-state index contributed by atoms with van der Waals surface area (Å²) in [5.74, 6) is -9.61. The normalized spacial score (nSPS) is 28.8. The summed E-state index contributed by atoms with van der Waals surface area (Å²) in [7, 11) is 0. The Hall–Kier alpha value is -4.72. The molecule has 8 N–H and O–H groups in total. The number of esters is 1. The van der Waals surface area contributed by atoms with Crippen molar-refractivity contribution in [2.75, 3.05) is 13.2 Å². The molecule has 1 amide bonds. The summed E-state index contributed by atoms with van der Waals surface area (Å²) in [5.41, 5.74) is 4.15. The van der Waals surface area contributed by atoms with Gasteiger partial charge in [-0.05, 0) is 55.2 Å². The van der Waals surface area contributed by atoms with Crippen molar-refractivity contribution >= 4 is 88.4 Å². The van der Waals surface area contributed by atoms with Crippen LogP contribution < -0.4 is 11.5 Å². The monoisotopic (exact) mass is 969 g/mol. The zero-order valence-corrected chi connectivity index (χ0v) is 36.1. The number of carboxylic acid groups (broad SMARTS) is 3. The number of aliphatic hydroxyl groups is 1. The lowest BCUT2D eigenvalue weighted by Crippen LogP contribution is -2.54. The van der Waals surface area contributed by atoms with Crippen LogP contribution in [0.2, 0.25) is 20.1 Å². The third-order valence-electron chi connectivity index (χ3n) is 10.4. The molecular weight excluding hydrogens is 930 g/mol. The van der Waals surface area contributed by atoms with Crippen LogP contribution in [-0.2, 0) is 65.7 Å². The SMILES string of the molecule is CC(=O)O.CCOC(=O)[C@@]1(F)[C@@H]2C[C@@H](OCc3ccc(Cl)c(Cl)c3)C(=O)[C@@H]21.N#C[C@@]1(N)[C@H]2[C@@H](C[C@H]1OCc1ccc(Cl)c(Cl)c1)[C@]2(F)C(N)=O.O=COCC(O)(CC(=O)O)C(=O)O. The van der Waals surface area contributed by atoms with Gasteiger partial charge in [-0.3, -0.25) is 24.0 Å². The van der Waals surface area contributed by atoms with Gasteiger partial charge >= 0.3 is 17.9 Å². The highest BCUT2D eigenvalue weighted by Gasteiger charge is 2.82. The smallest absolute Gasteiger partial charge is 0.344 e. The van der Waals surface area contributed by atoms with E-state index in [1.807, 2.05) is 6.07 Å². The number of nitrogens with zero attached hydrogens (tertiary/aromatic N) is 1. The zero-order valence-electron chi connectivity index (χ0n) is 33.1. The second kappa shape index (κ2) is 21.3. The first-order valence-electron chi connectivity index (χ1n) is 18.4. The molecule has 0 spiro atoms. The molecule has 344 valence electrons. The molecule has 63 heavy (non-hydrogen) atoms.